The van der Waals surface area contributed by atoms with E-state index in [1.165, 1.54) is 7.11 Å². The first-order valence-electron chi connectivity index (χ1n) is 14.7. The van der Waals surface area contributed by atoms with Crippen molar-refractivity contribution in [1.29, 1.82) is 0 Å². The number of carbonyl (C=O) groups excluding carboxylic acids is 3. The van der Waals surface area contributed by atoms with Gasteiger partial charge >= 0.3 is 5.97 Å². The van der Waals surface area contributed by atoms with Crippen LogP contribution in [0.1, 0.15) is 55.3 Å². The summed E-state index contributed by atoms with van der Waals surface area (Å²) in [5.74, 6) is -1.25. The number of methoxy groups -OCH3 is 1. The predicted molar refractivity (Wildman–Crippen MR) is 172 cm³/mol. The standard InChI is InChI=1S/C36H35N3O7/c1-44-36(43)28-16-14-26(15-17-28)29-18-32(46-33(19-29)45-22-25-8-6-24(21-40)7-9-25)35(42)38-20-23-10-12-27(13-11-23)34(41)39-31-5-3-2-4-30(31)37/h2-18,29,33,40H,19-22,37H2,1H3,(H,38,42)(H,39,41)/t29-,33+/m1/s1. The van der Waals surface area contributed by atoms with Crippen LogP contribution in [0.3, 0.4) is 0 Å². The molecule has 0 aromatic heterocycles. The highest BCUT2D eigenvalue weighted by atomic mass is 16.7. The fourth-order valence-corrected chi connectivity index (χ4v) is 4.91. The van der Waals surface area contributed by atoms with E-state index in [0.717, 1.165) is 22.3 Å². The SMILES string of the molecule is COC(=O)c1ccc([C@@H]2C=C(C(=O)NCc3ccc(C(=O)Nc4ccccc4N)cc3)O[C@H](OCc3ccc(CO)cc3)C2)cc1. The summed E-state index contributed by atoms with van der Waals surface area (Å²) in [6, 6.07) is 28.3. The number of nitrogen functional groups attached to an aromatic ring is 1. The summed E-state index contributed by atoms with van der Waals surface area (Å²) < 4.78 is 16.9. The molecule has 0 saturated carbocycles. The van der Waals surface area contributed by atoms with E-state index < -0.39 is 18.2 Å². The lowest BCUT2D eigenvalue weighted by molar-refractivity contribution is -0.150. The second-order valence-corrected chi connectivity index (χ2v) is 10.7. The fourth-order valence-electron chi connectivity index (χ4n) is 4.91. The Morgan fingerprint density at radius 3 is 2.17 bits per heavy atom. The van der Waals surface area contributed by atoms with Crippen LogP contribution in [0, 0.1) is 0 Å². The average molecular weight is 622 g/mol. The van der Waals surface area contributed by atoms with Crippen LogP contribution in [-0.2, 0) is 38.8 Å². The molecule has 1 heterocycles. The predicted octanol–water partition coefficient (Wildman–Crippen LogP) is 5.05. The van der Waals surface area contributed by atoms with Crippen molar-refractivity contribution in [2.75, 3.05) is 18.2 Å². The van der Waals surface area contributed by atoms with Crippen LogP contribution in [-0.4, -0.2) is 36.3 Å². The Morgan fingerprint density at radius 2 is 1.50 bits per heavy atom. The quantitative estimate of drug-likeness (QED) is 0.134. The number of hydrogen-bond donors (Lipinski definition) is 4. The average Bonchev–Trinajstić information content (AvgIpc) is 3.10. The van der Waals surface area contributed by atoms with Gasteiger partial charge in [0.25, 0.3) is 11.8 Å². The molecule has 0 bridgehead atoms. The van der Waals surface area contributed by atoms with E-state index in [9.17, 15) is 19.5 Å². The molecule has 46 heavy (non-hydrogen) atoms. The molecule has 0 fully saturated rings. The highest BCUT2D eigenvalue weighted by Crippen LogP contribution is 2.32. The molecular weight excluding hydrogens is 586 g/mol. The third kappa shape index (κ3) is 8.17. The van der Waals surface area contributed by atoms with Crippen molar-refractivity contribution < 1.29 is 33.7 Å². The number of hydrogen-bond acceptors (Lipinski definition) is 8. The molecule has 0 aliphatic carbocycles. The molecule has 5 rings (SSSR count). The van der Waals surface area contributed by atoms with Crippen LogP contribution < -0.4 is 16.4 Å². The summed E-state index contributed by atoms with van der Waals surface area (Å²) in [4.78, 5) is 37.9. The Hall–Kier alpha value is -5.45. The Labute approximate surface area is 266 Å². The van der Waals surface area contributed by atoms with Crippen LogP contribution >= 0.6 is 0 Å². The number of benzene rings is 4. The lowest BCUT2D eigenvalue weighted by atomic mass is 9.92. The van der Waals surface area contributed by atoms with Gasteiger partial charge in [0.2, 0.25) is 6.29 Å². The number of nitrogens with two attached hydrogens (primary N) is 1. The Kier molecular flexibility index (Phi) is 10.4. The molecule has 1 aliphatic rings. The zero-order valence-corrected chi connectivity index (χ0v) is 25.3. The minimum absolute atomic E-state index is 0.0458. The Balaban J connectivity index is 1.25. The maximum Gasteiger partial charge on any atom is 0.337 e. The van der Waals surface area contributed by atoms with E-state index in [1.807, 2.05) is 36.4 Å². The second kappa shape index (κ2) is 15.0. The van der Waals surface area contributed by atoms with Gasteiger partial charge in [-0.25, -0.2) is 4.79 Å². The molecule has 0 saturated heterocycles. The van der Waals surface area contributed by atoms with E-state index in [-0.39, 0.29) is 37.3 Å². The number of aliphatic hydroxyl groups excluding tert-OH is 1. The van der Waals surface area contributed by atoms with Gasteiger partial charge in [0.05, 0.1) is 37.3 Å². The van der Waals surface area contributed by atoms with Crippen molar-refractivity contribution in [3.63, 3.8) is 0 Å². The Morgan fingerprint density at radius 1 is 0.848 bits per heavy atom. The molecule has 2 atom stereocenters. The molecule has 4 aromatic carbocycles. The number of carbonyl (C=O) groups is 3. The van der Waals surface area contributed by atoms with Gasteiger partial charge in [0.1, 0.15) is 0 Å². The van der Waals surface area contributed by atoms with E-state index in [2.05, 4.69) is 10.6 Å². The van der Waals surface area contributed by atoms with Crippen molar-refractivity contribution in [2.24, 2.45) is 0 Å². The molecule has 1 aliphatic heterocycles. The maximum atomic E-state index is 13.3. The monoisotopic (exact) mass is 621 g/mol. The zero-order valence-electron chi connectivity index (χ0n) is 25.3. The summed E-state index contributed by atoms with van der Waals surface area (Å²) in [6.45, 7) is 0.403. The summed E-state index contributed by atoms with van der Waals surface area (Å²) >= 11 is 0. The van der Waals surface area contributed by atoms with Gasteiger partial charge in [-0.1, -0.05) is 60.7 Å². The highest BCUT2D eigenvalue weighted by molar-refractivity contribution is 6.05. The first kappa shape index (κ1) is 32.0. The third-order valence-electron chi connectivity index (χ3n) is 7.56. The molecule has 10 heteroatoms. The first-order chi connectivity index (χ1) is 22.3. The number of nitrogens with one attached hydrogen (secondary N) is 2. The molecule has 4 aromatic rings. The van der Waals surface area contributed by atoms with E-state index >= 15 is 0 Å². The third-order valence-corrected chi connectivity index (χ3v) is 7.56. The number of ether oxygens (including phenoxy) is 3. The zero-order chi connectivity index (χ0) is 32.5. The number of amides is 2. The minimum atomic E-state index is -0.718. The van der Waals surface area contributed by atoms with Crippen LogP contribution in [0.5, 0.6) is 0 Å². The van der Waals surface area contributed by atoms with Gasteiger partial charge in [0, 0.05) is 24.4 Å². The fraction of sp³-hybridized carbons (Fsp3) is 0.194. The molecule has 5 N–H and O–H groups in total. The molecule has 0 radical (unpaired) electrons. The van der Waals surface area contributed by atoms with Crippen LogP contribution in [0.25, 0.3) is 0 Å². The van der Waals surface area contributed by atoms with Gasteiger partial charge in [-0.3, -0.25) is 9.59 Å². The van der Waals surface area contributed by atoms with Crippen molar-refractivity contribution in [3.8, 4) is 0 Å². The lowest BCUT2D eigenvalue weighted by Gasteiger charge is -2.29. The van der Waals surface area contributed by atoms with Crippen LogP contribution in [0.2, 0.25) is 0 Å². The smallest absolute Gasteiger partial charge is 0.337 e. The van der Waals surface area contributed by atoms with Gasteiger partial charge in [-0.15, -0.1) is 0 Å². The highest BCUT2D eigenvalue weighted by Gasteiger charge is 2.29. The molecule has 10 nitrogen and oxygen atoms in total. The maximum absolute atomic E-state index is 13.3. The molecule has 0 spiro atoms. The van der Waals surface area contributed by atoms with Crippen molar-refractivity contribution in [3.05, 3.63) is 142 Å². The molecule has 236 valence electrons. The van der Waals surface area contributed by atoms with E-state index in [0.29, 0.717) is 28.9 Å². The van der Waals surface area contributed by atoms with Crippen LogP contribution in [0.15, 0.2) is 109 Å². The number of anilines is 2. The van der Waals surface area contributed by atoms with E-state index in [1.54, 1.807) is 66.7 Å². The largest absolute Gasteiger partial charge is 0.465 e. The normalized spacial score (nSPS) is 15.7. The topological polar surface area (TPSA) is 149 Å². The Bertz CT molecular complexity index is 1700. The molecule has 0 unspecified atom stereocenters. The van der Waals surface area contributed by atoms with Gasteiger partial charge < -0.3 is 35.7 Å². The second-order valence-electron chi connectivity index (χ2n) is 10.7. The van der Waals surface area contributed by atoms with Gasteiger partial charge in [-0.05, 0) is 64.7 Å². The summed E-state index contributed by atoms with van der Waals surface area (Å²) in [5.41, 5.74) is 11.2. The summed E-state index contributed by atoms with van der Waals surface area (Å²) in [7, 11) is 1.33. The molecular formula is C36H35N3O7. The van der Waals surface area contributed by atoms with Gasteiger partial charge in [-0.2, -0.15) is 0 Å². The number of aliphatic hydroxyl groups is 1. The van der Waals surface area contributed by atoms with Crippen molar-refractivity contribution in [2.45, 2.75) is 38.4 Å². The van der Waals surface area contributed by atoms with E-state index in [4.69, 9.17) is 19.9 Å². The number of rotatable bonds is 11. The minimum Gasteiger partial charge on any atom is -0.465 e. The van der Waals surface area contributed by atoms with Crippen molar-refractivity contribution >= 4 is 29.2 Å². The summed E-state index contributed by atoms with van der Waals surface area (Å²) in [5, 5.41) is 15.0. The lowest BCUT2D eigenvalue weighted by Crippen LogP contribution is -2.32. The van der Waals surface area contributed by atoms with Crippen molar-refractivity contribution in [1.82, 2.24) is 5.32 Å². The first-order valence-corrected chi connectivity index (χ1v) is 14.7. The van der Waals surface area contributed by atoms with Gasteiger partial charge in [0.15, 0.2) is 5.76 Å². The number of para-hydroxylation sites is 2. The van der Waals surface area contributed by atoms with Crippen LogP contribution in [0.4, 0.5) is 11.4 Å². The molecule has 2 amide bonds. The summed E-state index contributed by atoms with van der Waals surface area (Å²) in [6.07, 6.45) is 1.48. The number of allylic oxidation sites excluding steroid dienone is 1. The number of esters is 1.